The molecule has 1 heterocycles. The first-order valence-corrected chi connectivity index (χ1v) is 8.88. The lowest BCUT2D eigenvalue weighted by atomic mass is 10.1. The largest absolute Gasteiger partial charge is 0.444 e. The summed E-state index contributed by atoms with van der Waals surface area (Å²) >= 11 is 0. The normalized spacial score (nSPS) is 18.1. The Kier molecular flexibility index (Phi) is 6.82. The molecular weight excluding hydrogens is 318 g/mol. The lowest BCUT2D eigenvalue weighted by Gasteiger charge is -2.33. The zero-order valence-corrected chi connectivity index (χ0v) is 15.4. The van der Waals surface area contributed by atoms with E-state index in [0.717, 1.165) is 25.1 Å². The molecule has 0 bridgehead atoms. The fourth-order valence-electron chi connectivity index (χ4n) is 2.79. The predicted molar refractivity (Wildman–Crippen MR) is 97.1 cm³/mol. The number of rotatable bonds is 6. The third kappa shape index (κ3) is 6.74. The molecule has 2 rings (SSSR count). The van der Waals surface area contributed by atoms with Crippen molar-refractivity contribution in [3.8, 4) is 0 Å². The Bertz CT molecular complexity index is 569. The highest BCUT2D eigenvalue weighted by Crippen LogP contribution is 2.12. The van der Waals surface area contributed by atoms with Crippen LogP contribution in [0.5, 0.6) is 0 Å². The van der Waals surface area contributed by atoms with Gasteiger partial charge >= 0.3 is 6.09 Å². The van der Waals surface area contributed by atoms with Crippen molar-refractivity contribution in [1.82, 2.24) is 15.5 Å². The second-order valence-corrected chi connectivity index (χ2v) is 7.32. The molecule has 0 radical (unpaired) electrons. The smallest absolute Gasteiger partial charge is 0.407 e. The Hall–Kier alpha value is -2.08. The third-order valence-electron chi connectivity index (χ3n) is 3.94. The van der Waals surface area contributed by atoms with Crippen molar-refractivity contribution in [2.45, 2.75) is 51.8 Å². The molecule has 1 atom stereocenters. The van der Waals surface area contributed by atoms with Crippen molar-refractivity contribution in [3.63, 3.8) is 0 Å². The minimum atomic E-state index is -0.497. The van der Waals surface area contributed by atoms with Crippen molar-refractivity contribution in [1.29, 1.82) is 0 Å². The maximum Gasteiger partial charge on any atom is 0.407 e. The van der Waals surface area contributed by atoms with E-state index in [1.54, 1.807) is 0 Å². The lowest BCUT2D eigenvalue weighted by molar-refractivity contribution is -0.136. The van der Waals surface area contributed by atoms with E-state index in [1.807, 2.05) is 56.0 Å². The average Bonchev–Trinajstić information content (AvgIpc) is 2.54. The second kappa shape index (κ2) is 8.85. The van der Waals surface area contributed by atoms with Gasteiger partial charge in [-0.15, -0.1) is 0 Å². The molecule has 2 N–H and O–H groups in total. The van der Waals surface area contributed by atoms with Gasteiger partial charge in [0.1, 0.15) is 5.60 Å². The summed E-state index contributed by atoms with van der Waals surface area (Å²) in [6.07, 6.45) is 1.00. The van der Waals surface area contributed by atoms with Crippen LogP contribution in [0, 0.1) is 0 Å². The number of ether oxygens (including phenoxy) is 1. The molecule has 1 fully saturated rings. The van der Waals surface area contributed by atoms with E-state index in [0.29, 0.717) is 19.5 Å². The minimum absolute atomic E-state index is 0.132. The van der Waals surface area contributed by atoms with Gasteiger partial charge in [0.15, 0.2) is 0 Å². The topological polar surface area (TPSA) is 70.7 Å². The average molecular weight is 347 g/mol. The molecule has 1 aliphatic heterocycles. The van der Waals surface area contributed by atoms with Gasteiger partial charge in [-0.2, -0.15) is 0 Å². The summed E-state index contributed by atoms with van der Waals surface area (Å²) in [5, 5.41) is 6.01. The van der Waals surface area contributed by atoms with Crippen molar-refractivity contribution in [2.24, 2.45) is 0 Å². The molecular formula is C19H29N3O3. The van der Waals surface area contributed by atoms with Gasteiger partial charge in [-0.1, -0.05) is 30.3 Å². The molecule has 138 valence electrons. The third-order valence-corrected chi connectivity index (χ3v) is 3.94. The van der Waals surface area contributed by atoms with Crippen molar-refractivity contribution < 1.29 is 14.3 Å². The molecule has 1 aromatic carbocycles. The van der Waals surface area contributed by atoms with E-state index in [9.17, 15) is 9.59 Å². The van der Waals surface area contributed by atoms with Crippen LogP contribution in [0.25, 0.3) is 0 Å². The fraction of sp³-hybridized carbons (Fsp3) is 0.579. The van der Waals surface area contributed by atoms with Crippen LogP contribution in [0.1, 0.15) is 39.2 Å². The molecule has 0 unspecified atom stereocenters. The molecule has 2 amide bonds. The zero-order chi connectivity index (χ0) is 18.3. The number of alkyl carbamates (subject to hydrolysis) is 1. The highest BCUT2D eigenvalue weighted by Gasteiger charge is 2.27. The van der Waals surface area contributed by atoms with E-state index in [1.165, 1.54) is 0 Å². The molecule has 0 aliphatic carbocycles. The van der Waals surface area contributed by atoms with Crippen LogP contribution in [0.4, 0.5) is 4.79 Å². The van der Waals surface area contributed by atoms with Gasteiger partial charge in [0.2, 0.25) is 5.91 Å². The number of benzene rings is 1. The summed E-state index contributed by atoms with van der Waals surface area (Å²) in [6, 6.07) is 9.84. The minimum Gasteiger partial charge on any atom is -0.444 e. The number of carbonyl (C=O) groups excluding carboxylic acids is 2. The molecule has 1 aliphatic rings. The van der Waals surface area contributed by atoms with Gasteiger partial charge in [0.05, 0.1) is 6.04 Å². The summed E-state index contributed by atoms with van der Waals surface area (Å²) in [5.74, 6) is 0.132. The van der Waals surface area contributed by atoms with Crippen molar-refractivity contribution in [2.75, 3.05) is 19.6 Å². The number of hydrogen-bond acceptors (Lipinski definition) is 4. The SMILES string of the molecule is CC(C)(C)OC(=O)NCCC[C@H]1NCCN(Cc2ccccc2)C1=O. The summed E-state index contributed by atoms with van der Waals surface area (Å²) < 4.78 is 5.19. The summed E-state index contributed by atoms with van der Waals surface area (Å²) in [4.78, 5) is 26.1. The van der Waals surface area contributed by atoms with E-state index in [-0.39, 0.29) is 11.9 Å². The van der Waals surface area contributed by atoms with Gasteiger partial charge in [-0.25, -0.2) is 4.79 Å². The Labute approximate surface area is 149 Å². The highest BCUT2D eigenvalue weighted by atomic mass is 16.6. The fourth-order valence-corrected chi connectivity index (χ4v) is 2.79. The second-order valence-electron chi connectivity index (χ2n) is 7.32. The molecule has 0 spiro atoms. The van der Waals surface area contributed by atoms with Crippen molar-refractivity contribution >= 4 is 12.0 Å². The summed E-state index contributed by atoms with van der Waals surface area (Å²) in [7, 11) is 0. The first-order valence-electron chi connectivity index (χ1n) is 8.88. The van der Waals surface area contributed by atoms with Gasteiger partial charge in [-0.05, 0) is 39.2 Å². The van der Waals surface area contributed by atoms with E-state index < -0.39 is 11.7 Å². The first kappa shape index (κ1) is 19.2. The Morgan fingerprint density at radius 2 is 2.04 bits per heavy atom. The molecule has 6 nitrogen and oxygen atoms in total. The van der Waals surface area contributed by atoms with Gasteiger partial charge in [-0.3, -0.25) is 4.79 Å². The molecule has 0 saturated carbocycles. The Morgan fingerprint density at radius 3 is 2.72 bits per heavy atom. The lowest BCUT2D eigenvalue weighted by Crippen LogP contribution is -2.54. The highest BCUT2D eigenvalue weighted by molar-refractivity contribution is 5.82. The molecule has 1 saturated heterocycles. The van der Waals surface area contributed by atoms with Crippen LogP contribution in [-0.2, 0) is 16.1 Å². The maximum absolute atomic E-state index is 12.6. The quantitative estimate of drug-likeness (QED) is 0.775. The Morgan fingerprint density at radius 1 is 1.32 bits per heavy atom. The summed E-state index contributed by atoms with van der Waals surface area (Å²) in [6.45, 7) is 8.16. The number of amides is 2. The predicted octanol–water partition coefficient (Wildman–Crippen LogP) is 2.29. The monoisotopic (exact) mass is 347 g/mol. The van der Waals surface area contributed by atoms with E-state index in [2.05, 4.69) is 10.6 Å². The number of piperazine rings is 1. The van der Waals surface area contributed by atoms with Crippen LogP contribution in [0.3, 0.4) is 0 Å². The zero-order valence-electron chi connectivity index (χ0n) is 15.4. The van der Waals surface area contributed by atoms with Crippen LogP contribution < -0.4 is 10.6 Å². The van der Waals surface area contributed by atoms with Gasteiger partial charge in [0.25, 0.3) is 0 Å². The van der Waals surface area contributed by atoms with Crippen molar-refractivity contribution in [3.05, 3.63) is 35.9 Å². The van der Waals surface area contributed by atoms with E-state index in [4.69, 9.17) is 4.74 Å². The van der Waals surface area contributed by atoms with Crippen LogP contribution in [-0.4, -0.2) is 48.2 Å². The van der Waals surface area contributed by atoms with Gasteiger partial charge < -0.3 is 20.3 Å². The number of carbonyl (C=O) groups is 2. The van der Waals surface area contributed by atoms with Gasteiger partial charge in [0, 0.05) is 26.2 Å². The molecule has 25 heavy (non-hydrogen) atoms. The maximum atomic E-state index is 12.6. The number of nitrogens with zero attached hydrogens (tertiary/aromatic N) is 1. The van der Waals surface area contributed by atoms with E-state index >= 15 is 0 Å². The summed E-state index contributed by atoms with van der Waals surface area (Å²) in [5.41, 5.74) is 0.645. The Balaban J connectivity index is 1.73. The van der Waals surface area contributed by atoms with Crippen LogP contribution >= 0.6 is 0 Å². The molecule has 0 aromatic heterocycles. The molecule has 1 aromatic rings. The molecule has 6 heteroatoms. The standard InChI is InChI=1S/C19H29N3O3/c1-19(2,3)25-18(24)21-11-7-10-16-17(23)22(13-12-20-16)14-15-8-5-4-6-9-15/h4-6,8-9,16,20H,7,10-14H2,1-3H3,(H,21,24)/t16-/m1/s1. The number of nitrogens with one attached hydrogen (secondary N) is 2. The van der Waals surface area contributed by atoms with Crippen LogP contribution in [0.2, 0.25) is 0 Å². The van der Waals surface area contributed by atoms with Crippen LogP contribution in [0.15, 0.2) is 30.3 Å². The number of hydrogen-bond donors (Lipinski definition) is 2. The first-order chi connectivity index (χ1) is 11.8.